The van der Waals surface area contributed by atoms with Gasteiger partial charge in [-0.15, -0.1) is 0 Å². The first-order chi connectivity index (χ1) is 13.0. The number of benzene rings is 1. The maximum Gasteiger partial charge on any atom is 0.241 e. The second-order valence-corrected chi connectivity index (χ2v) is 7.69. The minimum atomic E-state index is -0.457. The minimum Gasteiger partial charge on any atom is -0.497 e. The highest BCUT2D eigenvalue weighted by Gasteiger charge is 2.41. The fourth-order valence-corrected chi connectivity index (χ4v) is 4.22. The van der Waals surface area contributed by atoms with E-state index in [0.29, 0.717) is 5.92 Å². The highest BCUT2D eigenvalue weighted by Crippen LogP contribution is 2.32. The van der Waals surface area contributed by atoms with E-state index in [0.717, 1.165) is 56.6 Å². The van der Waals surface area contributed by atoms with Crippen molar-refractivity contribution < 1.29 is 14.3 Å². The quantitative estimate of drug-likeness (QED) is 0.860. The van der Waals surface area contributed by atoms with Crippen LogP contribution < -0.4 is 10.1 Å². The number of carbonyl (C=O) groups excluding carboxylic acids is 2. The highest BCUT2D eigenvalue weighted by atomic mass is 16.5. The maximum absolute atomic E-state index is 13.2. The van der Waals surface area contributed by atoms with E-state index in [1.54, 1.807) is 14.2 Å². The monoisotopic (exact) mass is 373 g/mol. The van der Waals surface area contributed by atoms with Crippen LogP contribution >= 0.6 is 0 Å². The fraction of sp³-hybridized carbons (Fsp3) is 0.619. The summed E-state index contributed by atoms with van der Waals surface area (Å²) in [5.41, 5.74) is 0.891. The molecule has 0 saturated carbocycles. The molecule has 0 unspecified atom stereocenters. The van der Waals surface area contributed by atoms with Crippen molar-refractivity contribution in [3.63, 3.8) is 0 Å². The van der Waals surface area contributed by atoms with Gasteiger partial charge in [-0.2, -0.15) is 0 Å². The van der Waals surface area contributed by atoms with Crippen molar-refractivity contribution in [1.82, 2.24) is 15.1 Å². The number of likely N-dealkylation sites (tertiary alicyclic amines) is 2. The van der Waals surface area contributed by atoms with Crippen molar-refractivity contribution in [2.45, 2.75) is 44.7 Å². The van der Waals surface area contributed by atoms with Crippen molar-refractivity contribution in [3.05, 3.63) is 29.8 Å². The van der Waals surface area contributed by atoms with Crippen LogP contribution in [0.2, 0.25) is 0 Å². The van der Waals surface area contributed by atoms with Gasteiger partial charge in [0.05, 0.1) is 13.2 Å². The lowest BCUT2D eigenvalue weighted by Gasteiger charge is -2.37. The summed E-state index contributed by atoms with van der Waals surface area (Å²) >= 11 is 0. The normalized spacial score (nSPS) is 22.5. The molecule has 6 heteroatoms. The van der Waals surface area contributed by atoms with Crippen LogP contribution in [-0.4, -0.2) is 61.4 Å². The Morgan fingerprint density at radius 1 is 1.11 bits per heavy atom. The SMILES string of the molecule is CNC(=O)[C@@H](c1ccc(OC)cc1)N1CCC[C@H]1C(=O)N1CCC(C)CC1. The van der Waals surface area contributed by atoms with Gasteiger partial charge in [0.15, 0.2) is 0 Å². The number of nitrogens with zero attached hydrogens (tertiary/aromatic N) is 2. The molecule has 0 radical (unpaired) electrons. The molecule has 1 N–H and O–H groups in total. The smallest absolute Gasteiger partial charge is 0.241 e. The molecule has 27 heavy (non-hydrogen) atoms. The number of piperidine rings is 1. The first kappa shape index (κ1) is 19.7. The summed E-state index contributed by atoms with van der Waals surface area (Å²) in [4.78, 5) is 30.0. The molecule has 2 saturated heterocycles. The van der Waals surface area contributed by atoms with Crippen LogP contribution in [0.3, 0.4) is 0 Å². The Morgan fingerprint density at radius 3 is 2.37 bits per heavy atom. The molecule has 2 heterocycles. The molecule has 1 aromatic rings. The van der Waals surface area contributed by atoms with Gasteiger partial charge in [0, 0.05) is 26.7 Å². The third-order valence-corrected chi connectivity index (χ3v) is 5.93. The number of hydrogen-bond acceptors (Lipinski definition) is 4. The van der Waals surface area contributed by atoms with Gasteiger partial charge in [0.2, 0.25) is 11.8 Å². The molecule has 6 nitrogen and oxygen atoms in total. The molecule has 148 valence electrons. The summed E-state index contributed by atoms with van der Waals surface area (Å²) in [6.45, 7) is 4.66. The molecule has 3 rings (SSSR count). The lowest BCUT2D eigenvalue weighted by molar-refractivity contribution is -0.139. The number of methoxy groups -OCH3 is 1. The molecule has 2 atom stereocenters. The summed E-state index contributed by atoms with van der Waals surface area (Å²) in [6.07, 6.45) is 3.88. The van der Waals surface area contributed by atoms with Crippen LogP contribution in [0.1, 0.15) is 44.2 Å². The Labute approximate surface area is 161 Å². The van der Waals surface area contributed by atoms with Crippen LogP contribution in [0.15, 0.2) is 24.3 Å². The predicted molar refractivity (Wildman–Crippen MR) is 105 cm³/mol. The summed E-state index contributed by atoms with van der Waals surface area (Å²) in [7, 11) is 3.28. The van der Waals surface area contributed by atoms with Gasteiger partial charge >= 0.3 is 0 Å². The minimum absolute atomic E-state index is 0.0767. The number of carbonyl (C=O) groups is 2. The molecule has 2 aliphatic rings. The molecule has 2 amide bonds. The average molecular weight is 373 g/mol. The van der Waals surface area contributed by atoms with Gasteiger partial charge in [-0.1, -0.05) is 19.1 Å². The first-order valence-corrected chi connectivity index (χ1v) is 9.95. The van der Waals surface area contributed by atoms with Gasteiger partial charge in [0.25, 0.3) is 0 Å². The van der Waals surface area contributed by atoms with Gasteiger partial charge < -0.3 is 15.0 Å². The number of likely N-dealkylation sites (N-methyl/N-ethyl adjacent to an activating group) is 1. The molecule has 0 aromatic heterocycles. The van der Waals surface area contributed by atoms with Crippen LogP contribution in [0.5, 0.6) is 5.75 Å². The third-order valence-electron chi connectivity index (χ3n) is 5.93. The fourth-order valence-electron chi connectivity index (χ4n) is 4.22. The van der Waals surface area contributed by atoms with Gasteiger partial charge in [-0.25, -0.2) is 0 Å². The Morgan fingerprint density at radius 2 is 1.78 bits per heavy atom. The number of amides is 2. The van der Waals surface area contributed by atoms with E-state index in [4.69, 9.17) is 4.74 Å². The third kappa shape index (κ3) is 4.26. The standard InChI is InChI=1S/C21H31N3O3/c1-15-10-13-23(14-11-15)21(26)18-5-4-12-24(18)19(20(25)22-2)16-6-8-17(27-3)9-7-16/h6-9,15,18-19H,4-5,10-14H2,1-3H3,(H,22,25)/t18-,19+/m0/s1. The van der Waals surface area contributed by atoms with Crippen LogP contribution in [0, 0.1) is 5.92 Å². The van der Waals surface area contributed by atoms with Crippen LogP contribution in [-0.2, 0) is 9.59 Å². The van der Waals surface area contributed by atoms with E-state index in [9.17, 15) is 9.59 Å². The summed E-state index contributed by atoms with van der Waals surface area (Å²) in [5, 5.41) is 2.78. The first-order valence-electron chi connectivity index (χ1n) is 9.95. The molecule has 0 spiro atoms. The van der Waals surface area contributed by atoms with Crippen molar-refractivity contribution in [1.29, 1.82) is 0 Å². The lowest BCUT2D eigenvalue weighted by Crippen LogP contribution is -2.51. The topological polar surface area (TPSA) is 61.9 Å². The maximum atomic E-state index is 13.2. The van der Waals surface area contributed by atoms with E-state index >= 15 is 0 Å². The summed E-state index contributed by atoms with van der Waals surface area (Å²) in [5.74, 6) is 1.55. The Hall–Kier alpha value is -2.08. The summed E-state index contributed by atoms with van der Waals surface area (Å²) in [6, 6.07) is 6.89. The zero-order valence-corrected chi connectivity index (χ0v) is 16.6. The van der Waals surface area contributed by atoms with E-state index in [1.807, 2.05) is 29.2 Å². The molecule has 1 aromatic carbocycles. The lowest BCUT2D eigenvalue weighted by atomic mass is 9.98. The van der Waals surface area contributed by atoms with E-state index in [1.165, 1.54) is 0 Å². The Balaban J connectivity index is 1.82. The largest absolute Gasteiger partial charge is 0.497 e. The summed E-state index contributed by atoms with van der Waals surface area (Å²) < 4.78 is 5.23. The van der Waals surface area contributed by atoms with Crippen molar-refractivity contribution >= 4 is 11.8 Å². The number of hydrogen-bond donors (Lipinski definition) is 1. The van der Waals surface area contributed by atoms with E-state index in [2.05, 4.69) is 17.1 Å². The number of rotatable bonds is 5. The number of ether oxygens (including phenoxy) is 1. The van der Waals surface area contributed by atoms with Crippen molar-refractivity contribution in [3.8, 4) is 5.75 Å². The van der Waals surface area contributed by atoms with Crippen LogP contribution in [0.4, 0.5) is 0 Å². The zero-order chi connectivity index (χ0) is 19.4. The number of nitrogens with one attached hydrogen (secondary N) is 1. The highest BCUT2D eigenvalue weighted by molar-refractivity contribution is 5.86. The van der Waals surface area contributed by atoms with Crippen molar-refractivity contribution in [2.24, 2.45) is 5.92 Å². The zero-order valence-electron chi connectivity index (χ0n) is 16.6. The Kier molecular flexibility index (Phi) is 6.37. The van der Waals surface area contributed by atoms with Crippen molar-refractivity contribution in [2.75, 3.05) is 33.8 Å². The van der Waals surface area contributed by atoms with Gasteiger partial charge in [-0.05, 0) is 49.3 Å². The van der Waals surface area contributed by atoms with E-state index in [-0.39, 0.29) is 17.9 Å². The second kappa shape index (κ2) is 8.74. The van der Waals surface area contributed by atoms with Gasteiger partial charge in [-0.3, -0.25) is 14.5 Å². The molecular weight excluding hydrogens is 342 g/mol. The Bertz CT molecular complexity index is 653. The van der Waals surface area contributed by atoms with Gasteiger partial charge in [0.1, 0.15) is 11.8 Å². The molecular formula is C21H31N3O3. The molecule has 0 bridgehead atoms. The van der Waals surface area contributed by atoms with E-state index < -0.39 is 6.04 Å². The molecule has 0 aliphatic carbocycles. The predicted octanol–water partition coefficient (Wildman–Crippen LogP) is 2.21. The second-order valence-electron chi connectivity index (χ2n) is 7.69. The van der Waals surface area contributed by atoms with Crippen LogP contribution in [0.25, 0.3) is 0 Å². The molecule has 2 aliphatic heterocycles. The molecule has 2 fully saturated rings. The average Bonchev–Trinajstić information content (AvgIpc) is 3.17.